The summed E-state index contributed by atoms with van der Waals surface area (Å²) < 4.78 is 16.4. The Labute approximate surface area is 157 Å². The Morgan fingerprint density at radius 3 is 2.22 bits per heavy atom. The SMILES string of the molecule is COc1cccc(OCCOc2cccc(CNC(=O)CCC(=O)O)c2)c1. The summed E-state index contributed by atoms with van der Waals surface area (Å²) in [7, 11) is 1.60. The molecule has 144 valence electrons. The van der Waals surface area contributed by atoms with Crippen molar-refractivity contribution in [2.45, 2.75) is 19.4 Å². The van der Waals surface area contributed by atoms with Gasteiger partial charge in [0.15, 0.2) is 0 Å². The minimum absolute atomic E-state index is 0.0346. The largest absolute Gasteiger partial charge is 0.497 e. The van der Waals surface area contributed by atoms with Gasteiger partial charge in [-0.3, -0.25) is 9.59 Å². The number of benzene rings is 2. The van der Waals surface area contributed by atoms with Crippen molar-refractivity contribution in [3.05, 3.63) is 54.1 Å². The lowest BCUT2D eigenvalue weighted by Gasteiger charge is -2.10. The van der Waals surface area contributed by atoms with Crippen LogP contribution in [0.1, 0.15) is 18.4 Å². The van der Waals surface area contributed by atoms with Gasteiger partial charge in [-0.05, 0) is 29.8 Å². The molecule has 0 saturated heterocycles. The maximum absolute atomic E-state index is 11.6. The molecule has 0 fully saturated rings. The molecule has 7 nitrogen and oxygen atoms in total. The summed E-state index contributed by atoms with van der Waals surface area (Å²) in [5.74, 6) is 0.816. The van der Waals surface area contributed by atoms with Gasteiger partial charge in [-0.2, -0.15) is 0 Å². The van der Waals surface area contributed by atoms with Crippen LogP contribution < -0.4 is 19.5 Å². The molecule has 1 amide bonds. The van der Waals surface area contributed by atoms with E-state index in [0.717, 1.165) is 11.3 Å². The molecular formula is C20H23NO6. The number of carbonyl (C=O) groups is 2. The van der Waals surface area contributed by atoms with E-state index in [-0.39, 0.29) is 18.7 Å². The number of amides is 1. The fourth-order valence-corrected chi connectivity index (χ4v) is 2.26. The summed E-state index contributed by atoms with van der Waals surface area (Å²) in [4.78, 5) is 22.0. The molecule has 0 saturated carbocycles. The van der Waals surface area contributed by atoms with Crippen LogP contribution in [0.15, 0.2) is 48.5 Å². The van der Waals surface area contributed by atoms with Gasteiger partial charge >= 0.3 is 5.97 Å². The number of carboxylic acid groups (broad SMARTS) is 1. The average molecular weight is 373 g/mol. The summed E-state index contributed by atoms with van der Waals surface area (Å²) in [6.45, 7) is 1.06. The number of carbonyl (C=O) groups excluding carboxylic acids is 1. The van der Waals surface area contributed by atoms with E-state index in [4.69, 9.17) is 19.3 Å². The second-order valence-electron chi connectivity index (χ2n) is 5.69. The third-order valence-corrected chi connectivity index (χ3v) is 3.62. The molecule has 7 heteroatoms. The highest BCUT2D eigenvalue weighted by atomic mass is 16.5. The molecule has 2 rings (SSSR count). The van der Waals surface area contributed by atoms with Crippen LogP contribution in [-0.2, 0) is 16.1 Å². The highest BCUT2D eigenvalue weighted by molar-refractivity contribution is 5.80. The number of nitrogens with one attached hydrogen (secondary N) is 1. The first kappa shape index (κ1) is 20.1. The Morgan fingerprint density at radius 2 is 1.56 bits per heavy atom. The van der Waals surface area contributed by atoms with Gasteiger partial charge < -0.3 is 24.6 Å². The number of rotatable bonds is 11. The Morgan fingerprint density at radius 1 is 0.926 bits per heavy atom. The molecular weight excluding hydrogens is 350 g/mol. The van der Waals surface area contributed by atoms with Crippen molar-refractivity contribution in [3.8, 4) is 17.2 Å². The Balaban J connectivity index is 1.73. The topological polar surface area (TPSA) is 94.1 Å². The van der Waals surface area contributed by atoms with Crippen molar-refractivity contribution in [2.24, 2.45) is 0 Å². The van der Waals surface area contributed by atoms with Crippen LogP contribution in [0, 0.1) is 0 Å². The quantitative estimate of drug-likeness (QED) is 0.588. The summed E-state index contributed by atoms with van der Waals surface area (Å²) >= 11 is 0. The van der Waals surface area contributed by atoms with E-state index in [2.05, 4.69) is 5.32 Å². The van der Waals surface area contributed by atoms with E-state index in [9.17, 15) is 9.59 Å². The molecule has 2 N–H and O–H groups in total. The number of methoxy groups -OCH3 is 1. The van der Waals surface area contributed by atoms with Crippen LogP contribution in [0.25, 0.3) is 0 Å². The molecule has 2 aromatic rings. The van der Waals surface area contributed by atoms with E-state index in [1.165, 1.54) is 0 Å². The maximum atomic E-state index is 11.6. The van der Waals surface area contributed by atoms with Gasteiger partial charge in [0.1, 0.15) is 30.5 Å². The van der Waals surface area contributed by atoms with Crippen LogP contribution in [0.3, 0.4) is 0 Å². The Hall–Kier alpha value is -3.22. The molecule has 0 aliphatic rings. The molecule has 0 heterocycles. The van der Waals surface area contributed by atoms with Gasteiger partial charge in [0.05, 0.1) is 13.5 Å². The summed E-state index contributed by atoms with van der Waals surface area (Å²) in [5, 5.41) is 11.3. The number of carboxylic acids is 1. The number of ether oxygens (including phenoxy) is 3. The lowest BCUT2D eigenvalue weighted by Crippen LogP contribution is -2.23. The zero-order chi connectivity index (χ0) is 19.5. The first-order valence-electron chi connectivity index (χ1n) is 8.54. The summed E-state index contributed by atoms with van der Waals surface area (Å²) in [6.07, 6.45) is -0.213. The summed E-state index contributed by atoms with van der Waals surface area (Å²) in [5.41, 5.74) is 0.866. The van der Waals surface area contributed by atoms with Crippen LogP contribution in [0.5, 0.6) is 17.2 Å². The van der Waals surface area contributed by atoms with Crippen molar-refractivity contribution in [3.63, 3.8) is 0 Å². The molecule has 0 unspecified atom stereocenters. The summed E-state index contributed by atoms with van der Waals surface area (Å²) in [6, 6.07) is 14.7. The first-order valence-corrected chi connectivity index (χ1v) is 8.54. The standard InChI is InChI=1S/C20H23NO6/c1-25-16-5-3-7-18(13-16)27-11-10-26-17-6-2-4-15(12-17)14-21-19(22)8-9-20(23)24/h2-7,12-13H,8-11,14H2,1H3,(H,21,22)(H,23,24). The van der Waals surface area contributed by atoms with Crippen molar-refractivity contribution >= 4 is 11.9 Å². The van der Waals surface area contributed by atoms with Crippen LogP contribution in [0.2, 0.25) is 0 Å². The lowest BCUT2D eigenvalue weighted by molar-refractivity contribution is -0.138. The minimum atomic E-state index is -0.989. The average Bonchev–Trinajstić information content (AvgIpc) is 2.68. The lowest BCUT2D eigenvalue weighted by atomic mass is 10.2. The second-order valence-corrected chi connectivity index (χ2v) is 5.69. The van der Waals surface area contributed by atoms with Crippen molar-refractivity contribution in [2.75, 3.05) is 20.3 Å². The number of hydrogen-bond acceptors (Lipinski definition) is 5. The predicted molar refractivity (Wildman–Crippen MR) is 99.1 cm³/mol. The van der Waals surface area contributed by atoms with Gasteiger partial charge in [-0.25, -0.2) is 0 Å². The monoisotopic (exact) mass is 373 g/mol. The minimum Gasteiger partial charge on any atom is -0.497 e. The van der Waals surface area contributed by atoms with E-state index in [1.807, 2.05) is 42.5 Å². The van der Waals surface area contributed by atoms with Crippen molar-refractivity contribution in [1.82, 2.24) is 5.32 Å². The molecule has 0 spiro atoms. The van der Waals surface area contributed by atoms with Crippen molar-refractivity contribution < 1.29 is 28.9 Å². The van der Waals surface area contributed by atoms with E-state index in [1.54, 1.807) is 13.2 Å². The van der Waals surface area contributed by atoms with E-state index in [0.29, 0.717) is 31.3 Å². The molecule has 0 aliphatic heterocycles. The van der Waals surface area contributed by atoms with Gasteiger partial charge in [-0.15, -0.1) is 0 Å². The van der Waals surface area contributed by atoms with Crippen LogP contribution >= 0.6 is 0 Å². The maximum Gasteiger partial charge on any atom is 0.303 e. The predicted octanol–water partition coefficient (Wildman–Crippen LogP) is 2.63. The smallest absolute Gasteiger partial charge is 0.303 e. The van der Waals surface area contributed by atoms with Gasteiger partial charge in [0.25, 0.3) is 0 Å². The third-order valence-electron chi connectivity index (χ3n) is 3.62. The molecule has 0 atom stereocenters. The highest BCUT2D eigenvalue weighted by Gasteiger charge is 2.05. The van der Waals surface area contributed by atoms with Gasteiger partial charge in [-0.1, -0.05) is 18.2 Å². The van der Waals surface area contributed by atoms with Gasteiger partial charge in [0.2, 0.25) is 5.91 Å². The first-order chi connectivity index (χ1) is 13.1. The fourth-order valence-electron chi connectivity index (χ4n) is 2.26. The molecule has 2 aromatic carbocycles. The highest BCUT2D eigenvalue weighted by Crippen LogP contribution is 2.19. The molecule has 0 bridgehead atoms. The van der Waals surface area contributed by atoms with Crippen LogP contribution in [-0.4, -0.2) is 37.3 Å². The normalized spacial score (nSPS) is 10.1. The van der Waals surface area contributed by atoms with Gasteiger partial charge in [0, 0.05) is 19.0 Å². The fraction of sp³-hybridized carbons (Fsp3) is 0.300. The molecule has 27 heavy (non-hydrogen) atoms. The molecule has 0 aliphatic carbocycles. The number of hydrogen-bond donors (Lipinski definition) is 2. The molecule has 0 aromatic heterocycles. The third kappa shape index (κ3) is 7.68. The number of aliphatic carboxylic acids is 1. The van der Waals surface area contributed by atoms with Crippen molar-refractivity contribution in [1.29, 1.82) is 0 Å². The Bertz CT molecular complexity index is 762. The van der Waals surface area contributed by atoms with E-state index < -0.39 is 5.97 Å². The molecule has 0 radical (unpaired) electrons. The zero-order valence-electron chi connectivity index (χ0n) is 15.1. The second kappa shape index (κ2) is 10.7. The Kier molecular flexibility index (Phi) is 7.96. The zero-order valence-corrected chi connectivity index (χ0v) is 15.1. The van der Waals surface area contributed by atoms with E-state index >= 15 is 0 Å². The van der Waals surface area contributed by atoms with Crippen LogP contribution in [0.4, 0.5) is 0 Å².